The Labute approximate surface area is 93.4 Å². The molecule has 1 aromatic carbocycles. The molecule has 0 spiro atoms. The van der Waals surface area contributed by atoms with E-state index in [0.717, 1.165) is 11.4 Å². The highest BCUT2D eigenvalue weighted by atomic mass is 32.2. The number of aromatic nitrogens is 1. The molecule has 0 saturated heterocycles. The second-order valence-corrected chi connectivity index (χ2v) is 3.90. The van der Waals surface area contributed by atoms with Crippen LogP contribution in [0.4, 0.5) is 5.69 Å². The Kier molecular flexibility index (Phi) is 3.25. The van der Waals surface area contributed by atoms with Gasteiger partial charge in [0.2, 0.25) is 0 Å². The highest BCUT2D eigenvalue weighted by molar-refractivity contribution is 7.98. The maximum Gasteiger partial charge on any atom is 0.0766 e. The van der Waals surface area contributed by atoms with Gasteiger partial charge in [-0.2, -0.15) is 0 Å². The summed E-state index contributed by atoms with van der Waals surface area (Å²) >= 11 is 1.71. The van der Waals surface area contributed by atoms with Gasteiger partial charge >= 0.3 is 0 Å². The molecule has 0 aliphatic carbocycles. The molecule has 15 heavy (non-hydrogen) atoms. The van der Waals surface area contributed by atoms with Crippen LogP contribution < -0.4 is 0 Å². The number of nitrogens with zero attached hydrogens (tertiary/aromatic N) is 1. The first-order valence-corrected chi connectivity index (χ1v) is 5.93. The number of para-hydroxylation sites is 1. The van der Waals surface area contributed by atoms with Crippen molar-refractivity contribution in [2.45, 2.75) is 4.90 Å². The normalized spacial score (nSPS) is 11.0. The first-order valence-electron chi connectivity index (χ1n) is 4.70. The van der Waals surface area contributed by atoms with E-state index in [2.05, 4.69) is 22.3 Å². The third-order valence-corrected chi connectivity index (χ3v) is 2.83. The average Bonchev–Trinajstić information content (AvgIpc) is 2.79. The number of aromatic amines is 1. The molecule has 0 fully saturated rings. The smallest absolute Gasteiger partial charge is 0.0766 e. The van der Waals surface area contributed by atoms with Crippen molar-refractivity contribution < 1.29 is 0 Å². The summed E-state index contributed by atoms with van der Waals surface area (Å²) in [7, 11) is 0. The van der Waals surface area contributed by atoms with Crippen LogP contribution in [0, 0.1) is 0 Å². The third-order valence-electron chi connectivity index (χ3n) is 2.05. The van der Waals surface area contributed by atoms with Gasteiger partial charge in [-0.25, -0.2) is 0 Å². The van der Waals surface area contributed by atoms with Crippen molar-refractivity contribution in [3.05, 3.63) is 48.3 Å². The van der Waals surface area contributed by atoms with E-state index < -0.39 is 0 Å². The lowest BCUT2D eigenvalue weighted by Gasteiger charge is -1.99. The van der Waals surface area contributed by atoms with Gasteiger partial charge in [0, 0.05) is 11.1 Å². The summed E-state index contributed by atoms with van der Waals surface area (Å²) in [5.74, 6) is 0. The van der Waals surface area contributed by atoms with Gasteiger partial charge in [-0.05, 0) is 30.5 Å². The van der Waals surface area contributed by atoms with E-state index in [9.17, 15) is 0 Å². The van der Waals surface area contributed by atoms with Gasteiger partial charge in [0.05, 0.1) is 17.6 Å². The molecule has 0 unspecified atom stereocenters. The summed E-state index contributed by atoms with van der Waals surface area (Å²) in [6.07, 6.45) is 5.79. The quantitative estimate of drug-likeness (QED) is 0.617. The minimum Gasteiger partial charge on any atom is -0.360 e. The lowest BCUT2D eigenvalue weighted by Crippen LogP contribution is -1.79. The largest absolute Gasteiger partial charge is 0.360 e. The Morgan fingerprint density at radius 3 is 2.80 bits per heavy atom. The zero-order chi connectivity index (χ0) is 10.5. The molecule has 0 saturated carbocycles. The molecule has 2 nitrogen and oxygen atoms in total. The first-order chi connectivity index (χ1) is 7.40. The van der Waals surface area contributed by atoms with Gasteiger partial charge in [0.25, 0.3) is 0 Å². The van der Waals surface area contributed by atoms with Gasteiger partial charge in [0.1, 0.15) is 0 Å². The minimum absolute atomic E-state index is 1.01. The van der Waals surface area contributed by atoms with E-state index in [4.69, 9.17) is 0 Å². The second kappa shape index (κ2) is 4.84. The molecule has 3 heteroatoms. The zero-order valence-corrected chi connectivity index (χ0v) is 9.29. The number of aliphatic imine (C=N–C) groups is 1. The molecule has 0 bridgehead atoms. The van der Waals surface area contributed by atoms with E-state index in [-0.39, 0.29) is 0 Å². The Bertz CT molecular complexity index is 446. The molecule has 1 heterocycles. The second-order valence-electron chi connectivity index (χ2n) is 3.06. The van der Waals surface area contributed by atoms with Crippen molar-refractivity contribution in [2.24, 2.45) is 4.99 Å². The molecule has 0 atom stereocenters. The standard InChI is InChI=1S/C12H12N2S/c1-15-12-7-3-2-6-11(12)14-9-10-5-4-8-13-10/h2-9,13H,1H3. The summed E-state index contributed by atoms with van der Waals surface area (Å²) in [4.78, 5) is 8.73. The molecular weight excluding hydrogens is 204 g/mol. The van der Waals surface area contributed by atoms with Crippen LogP contribution in [-0.2, 0) is 0 Å². The van der Waals surface area contributed by atoms with Gasteiger partial charge < -0.3 is 4.98 Å². The summed E-state index contributed by atoms with van der Waals surface area (Å²) in [5.41, 5.74) is 2.03. The zero-order valence-electron chi connectivity index (χ0n) is 8.47. The Hall–Kier alpha value is -1.48. The number of rotatable bonds is 3. The lowest BCUT2D eigenvalue weighted by atomic mass is 10.3. The lowest BCUT2D eigenvalue weighted by molar-refractivity contribution is 1.35. The van der Waals surface area contributed by atoms with Crippen molar-refractivity contribution in [2.75, 3.05) is 6.26 Å². The van der Waals surface area contributed by atoms with Crippen LogP contribution in [0.1, 0.15) is 5.69 Å². The Morgan fingerprint density at radius 2 is 2.07 bits per heavy atom. The van der Waals surface area contributed by atoms with E-state index in [1.165, 1.54) is 4.90 Å². The maximum atomic E-state index is 4.44. The van der Waals surface area contributed by atoms with Crippen LogP contribution in [0.3, 0.4) is 0 Å². The van der Waals surface area contributed by atoms with E-state index in [1.807, 2.05) is 42.7 Å². The van der Waals surface area contributed by atoms with Crippen molar-refractivity contribution in [1.82, 2.24) is 4.98 Å². The van der Waals surface area contributed by atoms with Crippen LogP contribution in [0.15, 0.2) is 52.5 Å². The van der Waals surface area contributed by atoms with Gasteiger partial charge in [0.15, 0.2) is 0 Å². The van der Waals surface area contributed by atoms with Crippen LogP contribution >= 0.6 is 11.8 Å². The van der Waals surface area contributed by atoms with E-state index >= 15 is 0 Å². The fourth-order valence-electron chi connectivity index (χ4n) is 1.30. The highest BCUT2D eigenvalue weighted by Gasteiger charge is 1.96. The summed E-state index contributed by atoms with van der Waals surface area (Å²) in [6.45, 7) is 0. The molecule has 76 valence electrons. The predicted octanol–water partition coefficient (Wildman–Crippen LogP) is 3.49. The van der Waals surface area contributed by atoms with Gasteiger partial charge in [-0.15, -0.1) is 11.8 Å². The number of benzene rings is 1. The summed E-state index contributed by atoms with van der Waals surface area (Å²) in [5, 5.41) is 0. The SMILES string of the molecule is CSc1ccccc1N=Cc1ccc[nH]1. The molecule has 1 aromatic heterocycles. The average molecular weight is 216 g/mol. The molecule has 0 aliphatic rings. The van der Waals surface area contributed by atoms with E-state index in [0.29, 0.717) is 0 Å². The Balaban J connectivity index is 2.24. The molecule has 2 aromatic rings. The van der Waals surface area contributed by atoms with Crippen molar-refractivity contribution in [3.8, 4) is 0 Å². The van der Waals surface area contributed by atoms with Crippen molar-refractivity contribution in [1.29, 1.82) is 0 Å². The maximum absolute atomic E-state index is 4.44. The summed E-state index contributed by atoms with van der Waals surface area (Å²) in [6, 6.07) is 12.1. The molecule has 0 aliphatic heterocycles. The first kappa shape index (κ1) is 10.1. The number of hydrogen-bond acceptors (Lipinski definition) is 2. The molecule has 0 amide bonds. The van der Waals surface area contributed by atoms with Crippen LogP contribution in [0.25, 0.3) is 0 Å². The van der Waals surface area contributed by atoms with Crippen LogP contribution in [0.5, 0.6) is 0 Å². The van der Waals surface area contributed by atoms with Crippen LogP contribution in [0.2, 0.25) is 0 Å². The van der Waals surface area contributed by atoms with Crippen molar-refractivity contribution >= 4 is 23.7 Å². The molecule has 2 rings (SSSR count). The van der Waals surface area contributed by atoms with E-state index in [1.54, 1.807) is 11.8 Å². The topological polar surface area (TPSA) is 28.1 Å². The third kappa shape index (κ3) is 2.50. The predicted molar refractivity (Wildman–Crippen MR) is 66.3 cm³/mol. The fourth-order valence-corrected chi connectivity index (χ4v) is 1.84. The monoisotopic (exact) mass is 216 g/mol. The number of thioether (sulfide) groups is 1. The number of nitrogens with one attached hydrogen (secondary N) is 1. The number of H-pyrrole nitrogens is 1. The fraction of sp³-hybridized carbons (Fsp3) is 0.0833. The molecule has 0 radical (unpaired) electrons. The van der Waals surface area contributed by atoms with Crippen molar-refractivity contribution in [3.63, 3.8) is 0 Å². The minimum atomic E-state index is 1.01. The summed E-state index contributed by atoms with van der Waals surface area (Å²) < 4.78 is 0. The highest BCUT2D eigenvalue weighted by Crippen LogP contribution is 2.26. The van der Waals surface area contributed by atoms with Crippen LogP contribution in [-0.4, -0.2) is 17.5 Å². The Morgan fingerprint density at radius 1 is 1.20 bits per heavy atom. The van der Waals surface area contributed by atoms with Gasteiger partial charge in [-0.3, -0.25) is 4.99 Å². The molecular formula is C12H12N2S. The van der Waals surface area contributed by atoms with Gasteiger partial charge in [-0.1, -0.05) is 12.1 Å². The number of hydrogen-bond donors (Lipinski definition) is 1. The molecule has 1 N–H and O–H groups in total.